The normalized spacial score (nSPS) is 52.6. The summed E-state index contributed by atoms with van der Waals surface area (Å²) in [6.45, 7) is 6.55. The van der Waals surface area contributed by atoms with Crippen LogP contribution in [0.5, 0.6) is 0 Å². The van der Waals surface area contributed by atoms with Crippen molar-refractivity contribution in [3.8, 4) is 0 Å². The molecule has 0 bridgehead atoms. The summed E-state index contributed by atoms with van der Waals surface area (Å²) in [4.78, 5) is 25.2. The van der Waals surface area contributed by atoms with Crippen molar-refractivity contribution in [3.05, 3.63) is 11.6 Å². The first-order valence-corrected chi connectivity index (χ1v) is 11.5. The third kappa shape index (κ3) is 2.36. The smallest absolute Gasteiger partial charge is 0.193 e. The monoisotopic (exact) mass is 436 g/mol. The van der Waals surface area contributed by atoms with Crippen molar-refractivity contribution in [3.63, 3.8) is 0 Å². The maximum Gasteiger partial charge on any atom is 0.193 e. The number of fused-ring (bicyclic) bond motifs is 7. The van der Waals surface area contributed by atoms with Crippen molar-refractivity contribution in [2.45, 2.75) is 95.5 Å². The SMILES string of the molecule is CC1(C)O[C@@H]2C[C@H]3[C@@H]4CCC5=CC(=O)CC[C@]5(C)[C@@]4(F)[C@@H](O)C[C@]3(C)[C@]2(C(=O)CO)O1. The molecule has 1 heterocycles. The van der Waals surface area contributed by atoms with Gasteiger partial charge in [0.25, 0.3) is 0 Å². The summed E-state index contributed by atoms with van der Waals surface area (Å²) >= 11 is 0. The van der Waals surface area contributed by atoms with Crippen LogP contribution in [0.2, 0.25) is 0 Å². The highest BCUT2D eigenvalue weighted by molar-refractivity contribution is 5.92. The van der Waals surface area contributed by atoms with Crippen LogP contribution >= 0.6 is 0 Å². The number of Topliss-reactive ketones (excluding diaryl/α,β-unsaturated/α-hetero) is 1. The van der Waals surface area contributed by atoms with Crippen LogP contribution < -0.4 is 0 Å². The molecule has 8 atom stereocenters. The zero-order valence-corrected chi connectivity index (χ0v) is 18.7. The summed E-state index contributed by atoms with van der Waals surface area (Å²) in [6, 6.07) is 0. The van der Waals surface area contributed by atoms with E-state index in [0.29, 0.717) is 25.7 Å². The van der Waals surface area contributed by atoms with E-state index in [1.807, 2.05) is 13.8 Å². The van der Waals surface area contributed by atoms with Crippen molar-refractivity contribution in [1.29, 1.82) is 0 Å². The predicted molar refractivity (Wildman–Crippen MR) is 109 cm³/mol. The Morgan fingerprint density at radius 1 is 1.23 bits per heavy atom. The van der Waals surface area contributed by atoms with E-state index in [1.165, 1.54) is 0 Å². The van der Waals surface area contributed by atoms with Gasteiger partial charge in [-0.05, 0) is 57.9 Å². The number of halogens is 1. The topological polar surface area (TPSA) is 93.1 Å². The molecule has 6 nitrogen and oxygen atoms in total. The first-order valence-electron chi connectivity index (χ1n) is 11.5. The third-order valence-corrected chi connectivity index (χ3v) is 9.59. The van der Waals surface area contributed by atoms with E-state index in [1.54, 1.807) is 19.9 Å². The molecule has 4 aliphatic carbocycles. The molecule has 1 saturated heterocycles. The second kappa shape index (κ2) is 6.25. The minimum atomic E-state index is -1.89. The fraction of sp³-hybridized carbons (Fsp3) is 0.833. The second-order valence-corrected chi connectivity index (χ2v) is 11.3. The van der Waals surface area contributed by atoms with Gasteiger partial charge in [-0.15, -0.1) is 0 Å². The first kappa shape index (κ1) is 21.7. The molecule has 0 radical (unpaired) electrons. The lowest BCUT2D eigenvalue weighted by Crippen LogP contribution is -2.70. The van der Waals surface area contributed by atoms with E-state index in [4.69, 9.17) is 9.47 Å². The standard InChI is InChI=1S/C24H33FO6/c1-20(2)30-19-10-16-15-6-5-13-9-14(27)7-8-21(13,3)23(15,25)17(28)11-22(16,4)24(19,31-20)18(29)12-26/h9,15-17,19,26,28H,5-8,10-12H2,1-4H3/t15-,16-,17-,19+,21-,22-,23-,24+/m0/s1. The summed E-state index contributed by atoms with van der Waals surface area (Å²) in [6.07, 6.45) is 1.96. The third-order valence-electron chi connectivity index (χ3n) is 9.59. The van der Waals surface area contributed by atoms with Crippen LogP contribution in [0.15, 0.2) is 11.6 Å². The van der Waals surface area contributed by atoms with E-state index in [9.17, 15) is 19.8 Å². The number of rotatable bonds is 2. The van der Waals surface area contributed by atoms with Crippen LogP contribution in [0, 0.1) is 22.7 Å². The molecule has 2 N–H and O–H groups in total. The van der Waals surface area contributed by atoms with Crippen molar-refractivity contribution in [2.24, 2.45) is 22.7 Å². The van der Waals surface area contributed by atoms with Crippen LogP contribution in [-0.2, 0) is 19.1 Å². The molecule has 0 amide bonds. The van der Waals surface area contributed by atoms with Gasteiger partial charge in [-0.3, -0.25) is 9.59 Å². The molecule has 0 aromatic carbocycles. The van der Waals surface area contributed by atoms with Gasteiger partial charge in [-0.1, -0.05) is 19.4 Å². The number of ketones is 2. The lowest BCUT2D eigenvalue weighted by atomic mass is 9.44. The van der Waals surface area contributed by atoms with Crippen LogP contribution in [0.4, 0.5) is 4.39 Å². The van der Waals surface area contributed by atoms with Crippen molar-refractivity contribution < 1.29 is 33.7 Å². The van der Waals surface area contributed by atoms with Crippen molar-refractivity contribution in [2.75, 3.05) is 6.61 Å². The average Bonchev–Trinajstić information content (AvgIpc) is 3.09. The van der Waals surface area contributed by atoms with E-state index >= 15 is 4.39 Å². The van der Waals surface area contributed by atoms with Gasteiger partial charge in [0.2, 0.25) is 0 Å². The molecular weight excluding hydrogens is 403 g/mol. The molecule has 4 fully saturated rings. The van der Waals surface area contributed by atoms with E-state index in [0.717, 1.165) is 5.57 Å². The molecule has 172 valence electrons. The number of allylic oxidation sites excluding steroid dienone is 1. The molecule has 0 spiro atoms. The Morgan fingerprint density at radius 2 is 1.94 bits per heavy atom. The van der Waals surface area contributed by atoms with Gasteiger partial charge < -0.3 is 19.7 Å². The number of hydrogen-bond acceptors (Lipinski definition) is 6. The molecule has 5 aliphatic rings. The highest BCUT2D eigenvalue weighted by Gasteiger charge is 2.80. The Bertz CT molecular complexity index is 883. The lowest BCUT2D eigenvalue weighted by Gasteiger charge is -2.63. The van der Waals surface area contributed by atoms with Gasteiger partial charge in [0.05, 0.1) is 12.2 Å². The summed E-state index contributed by atoms with van der Waals surface area (Å²) in [5.41, 5.74) is -4.26. The predicted octanol–water partition coefficient (Wildman–Crippen LogP) is 2.64. The van der Waals surface area contributed by atoms with Gasteiger partial charge in [-0.2, -0.15) is 0 Å². The summed E-state index contributed by atoms with van der Waals surface area (Å²) in [5.74, 6) is -2.17. The summed E-state index contributed by atoms with van der Waals surface area (Å²) < 4.78 is 29.6. The molecule has 31 heavy (non-hydrogen) atoms. The van der Waals surface area contributed by atoms with E-state index in [2.05, 4.69) is 0 Å². The highest BCUT2D eigenvalue weighted by Crippen LogP contribution is 2.72. The number of carbonyl (C=O) groups is 2. The number of aliphatic hydroxyl groups is 2. The van der Waals surface area contributed by atoms with E-state index in [-0.39, 0.29) is 24.5 Å². The Morgan fingerprint density at radius 3 is 2.61 bits per heavy atom. The van der Waals surface area contributed by atoms with Gasteiger partial charge >= 0.3 is 0 Å². The van der Waals surface area contributed by atoms with Gasteiger partial charge in [0.1, 0.15) is 12.3 Å². The fourth-order valence-corrected chi connectivity index (χ4v) is 8.29. The minimum absolute atomic E-state index is 0.0246. The van der Waals surface area contributed by atoms with Crippen molar-refractivity contribution in [1.82, 2.24) is 0 Å². The van der Waals surface area contributed by atoms with Crippen molar-refractivity contribution >= 4 is 11.6 Å². The van der Waals surface area contributed by atoms with Gasteiger partial charge in [0.15, 0.2) is 23.0 Å². The summed E-state index contributed by atoms with van der Waals surface area (Å²) in [5, 5.41) is 21.2. The molecule has 0 unspecified atom stereocenters. The molecule has 5 rings (SSSR count). The molecule has 3 saturated carbocycles. The largest absolute Gasteiger partial charge is 0.390 e. The van der Waals surface area contributed by atoms with Crippen LogP contribution in [-0.4, -0.2) is 57.7 Å². The number of aliphatic hydroxyl groups excluding tert-OH is 2. The Balaban J connectivity index is 1.63. The van der Waals surface area contributed by atoms with Crippen LogP contribution in [0.3, 0.4) is 0 Å². The first-order chi connectivity index (χ1) is 14.4. The maximum absolute atomic E-state index is 17.2. The summed E-state index contributed by atoms with van der Waals surface area (Å²) in [7, 11) is 0. The highest BCUT2D eigenvalue weighted by atomic mass is 19.1. The number of hydrogen-bond donors (Lipinski definition) is 2. The fourth-order valence-electron chi connectivity index (χ4n) is 8.29. The van der Waals surface area contributed by atoms with Gasteiger partial charge in [0, 0.05) is 23.2 Å². The minimum Gasteiger partial charge on any atom is -0.390 e. The zero-order chi connectivity index (χ0) is 22.6. The van der Waals surface area contributed by atoms with Crippen LogP contribution in [0.1, 0.15) is 66.2 Å². The number of ether oxygens (including phenoxy) is 2. The van der Waals surface area contributed by atoms with E-state index < -0.39 is 58.4 Å². The quantitative estimate of drug-likeness (QED) is 0.691. The molecule has 7 heteroatoms. The lowest BCUT2D eigenvalue weighted by molar-refractivity contribution is -0.251. The maximum atomic E-state index is 17.2. The Kier molecular flexibility index (Phi) is 4.37. The Labute approximate surface area is 182 Å². The zero-order valence-electron chi connectivity index (χ0n) is 18.7. The van der Waals surface area contributed by atoms with Crippen LogP contribution in [0.25, 0.3) is 0 Å². The molecule has 1 aliphatic heterocycles. The molecular formula is C24H33FO6. The number of alkyl halides is 1. The second-order valence-electron chi connectivity index (χ2n) is 11.3. The Hall–Kier alpha value is -1.15. The number of carbonyl (C=O) groups excluding carboxylic acids is 2. The molecule has 0 aromatic heterocycles. The average molecular weight is 437 g/mol. The molecule has 0 aromatic rings. The van der Waals surface area contributed by atoms with Gasteiger partial charge in [-0.25, -0.2) is 4.39 Å².